The number of hydrogen-bond acceptors (Lipinski definition) is 2. The Kier molecular flexibility index (Phi) is 5.26. The Hall–Kier alpha value is -1.09. The molecule has 1 aromatic carbocycles. The number of hydrogen-bond donors (Lipinski definition) is 1. The summed E-state index contributed by atoms with van der Waals surface area (Å²) < 4.78 is 19.0. The van der Waals surface area contributed by atoms with Crippen LogP contribution in [0, 0.1) is 5.82 Å². The molecule has 90 valence electrons. The summed E-state index contributed by atoms with van der Waals surface area (Å²) >= 11 is 0. The van der Waals surface area contributed by atoms with E-state index in [1.165, 1.54) is 6.07 Å². The molecule has 2 nitrogen and oxygen atoms in total. The molecule has 0 fully saturated rings. The highest BCUT2D eigenvalue weighted by Crippen LogP contribution is 2.27. The zero-order valence-corrected chi connectivity index (χ0v) is 10.0. The molecule has 0 heterocycles. The molecule has 0 saturated carbocycles. The minimum absolute atomic E-state index is 0.211. The van der Waals surface area contributed by atoms with Gasteiger partial charge in [0.15, 0.2) is 11.6 Å². The molecule has 0 aliphatic rings. The van der Waals surface area contributed by atoms with Crippen molar-refractivity contribution in [2.24, 2.45) is 5.73 Å². The van der Waals surface area contributed by atoms with E-state index in [9.17, 15) is 4.39 Å². The minimum atomic E-state index is -0.328. The molecule has 0 spiro atoms. The molecule has 0 radical (unpaired) electrons. The van der Waals surface area contributed by atoms with E-state index in [0.29, 0.717) is 12.4 Å². The highest BCUT2D eigenvalue weighted by atomic mass is 19.1. The quantitative estimate of drug-likeness (QED) is 0.753. The lowest BCUT2D eigenvalue weighted by Gasteiger charge is -2.14. The molecular formula is C13H20FNO. The van der Waals surface area contributed by atoms with Gasteiger partial charge < -0.3 is 10.5 Å². The molecule has 0 aromatic heterocycles. The first-order valence-electron chi connectivity index (χ1n) is 5.83. The standard InChI is InChI=1S/C13H20FNO/c1-3-4-5-9-16-13-11(10(2)15)7-6-8-12(13)14/h6-8,10H,3-5,9,15H2,1-2H3/t10-/m1/s1. The summed E-state index contributed by atoms with van der Waals surface area (Å²) in [7, 11) is 0. The molecule has 3 heteroatoms. The molecular weight excluding hydrogens is 205 g/mol. The Bertz CT molecular complexity index is 326. The van der Waals surface area contributed by atoms with Crippen molar-refractivity contribution in [1.82, 2.24) is 0 Å². The number of halogens is 1. The van der Waals surface area contributed by atoms with Gasteiger partial charge in [-0.25, -0.2) is 4.39 Å². The van der Waals surface area contributed by atoms with Crippen molar-refractivity contribution in [2.75, 3.05) is 6.61 Å². The summed E-state index contributed by atoms with van der Waals surface area (Å²) in [4.78, 5) is 0. The third-order valence-electron chi connectivity index (χ3n) is 2.48. The summed E-state index contributed by atoms with van der Waals surface area (Å²) in [5.41, 5.74) is 6.50. The lowest BCUT2D eigenvalue weighted by atomic mass is 10.1. The maximum absolute atomic E-state index is 13.5. The maximum Gasteiger partial charge on any atom is 0.165 e. The van der Waals surface area contributed by atoms with Gasteiger partial charge in [0.25, 0.3) is 0 Å². The first kappa shape index (κ1) is 13.0. The maximum atomic E-state index is 13.5. The smallest absolute Gasteiger partial charge is 0.165 e. The van der Waals surface area contributed by atoms with Crippen LogP contribution in [0.3, 0.4) is 0 Å². The minimum Gasteiger partial charge on any atom is -0.490 e. The van der Waals surface area contributed by atoms with E-state index in [1.807, 2.05) is 13.0 Å². The summed E-state index contributed by atoms with van der Waals surface area (Å²) in [6, 6.07) is 4.66. The second-order valence-electron chi connectivity index (χ2n) is 4.00. The highest BCUT2D eigenvalue weighted by Gasteiger charge is 2.12. The lowest BCUT2D eigenvalue weighted by molar-refractivity contribution is 0.287. The van der Waals surface area contributed by atoms with E-state index in [4.69, 9.17) is 10.5 Å². The Morgan fingerprint density at radius 2 is 2.12 bits per heavy atom. The van der Waals surface area contributed by atoms with Gasteiger partial charge in [0.1, 0.15) is 0 Å². The van der Waals surface area contributed by atoms with Gasteiger partial charge in [-0.05, 0) is 19.4 Å². The van der Waals surface area contributed by atoms with Crippen LogP contribution in [0.15, 0.2) is 18.2 Å². The lowest BCUT2D eigenvalue weighted by Crippen LogP contribution is -2.10. The van der Waals surface area contributed by atoms with Crippen LogP contribution in [0.5, 0.6) is 5.75 Å². The summed E-state index contributed by atoms with van der Waals surface area (Å²) in [6.45, 7) is 4.50. The van der Waals surface area contributed by atoms with Gasteiger partial charge in [0.05, 0.1) is 6.61 Å². The molecule has 0 aliphatic heterocycles. The molecule has 1 aromatic rings. The van der Waals surface area contributed by atoms with Crippen LogP contribution >= 0.6 is 0 Å². The van der Waals surface area contributed by atoms with Crippen LogP contribution in [0.25, 0.3) is 0 Å². The van der Waals surface area contributed by atoms with Crippen molar-refractivity contribution < 1.29 is 9.13 Å². The Labute approximate surface area is 96.6 Å². The molecule has 0 unspecified atom stereocenters. The second kappa shape index (κ2) is 6.48. The predicted molar refractivity (Wildman–Crippen MR) is 64.0 cm³/mol. The molecule has 2 N–H and O–H groups in total. The van der Waals surface area contributed by atoms with Crippen LogP contribution in [0.1, 0.15) is 44.7 Å². The van der Waals surface area contributed by atoms with Gasteiger partial charge in [-0.3, -0.25) is 0 Å². The first-order valence-corrected chi connectivity index (χ1v) is 5.83. The molecule has 0 bridgehead atoms. The number of ether oxygens (including phenoxy) is 1. The number of nitrogens with two attached hydrogens (primary N) is 1. The average Bonchev–Trinajstić information content (AvgIpc) is 2.25. The summed E-state index contributed by atoms with van der Waals surface area (Å²) in [5, 5.41) is 0. The third kappa shape index (κ3) is 3.49. The van der Waals surface area contributed by atoms with Crippen molar-refractivity contribution in [3.63, 3.8) is 0 Å². The van der Waals surface area contributed by atoms with E-state index in [-0.39, 0.29) is 11.9 Å². The molecule has 0 aliphatic carbocycles. The summed E-state index contributed by atoms with van der Waals surface area (Å²) in [5.74, 6) is -0.0140. The van der Waals surface area contributed by atoms with Gasteiger partial charge in [0.2, 0.25) is 0 Å². The number of benzene rings is 1. The fraction of sp³-hybridized carbons (Fsp3) is 0.538. The Morgan fingerprint density at radius 1 is 1.38 bits per heavy atom. The van der Waals surface area contributed by atoms with Crippen molar-refractivity contribution in [3.8, 4) is 5.75 Å². The van der Waals surface area contributed by atoms with Crippen molar-refractivity contribution in [1.29, 1.82) is 0 Å². The Balaban J connectivity index is 2.69. The normalized spacial score (nSPS) is 12.5. The monoisotopic (exact) mass is 225 g/mol. The number of para-hydroxylation sites is 1. The molecule has 0 saturated heterocycles. The van der Waals surface area contributed by atoms with Crippen molar-refractivity contribution in [3.05, 3.63) is 29.6 Å². The number of rotatable bonds is 6. The van der Waals surface area contributed by atoms with E-state index in [2.05, 4.69) is 6.92 Å². The van der Waals surface area contributed by atoms with Crippen LogP contribution in [0.4, 0.5) is 4.39 Å². The van der Waals surface area contributed by atoms with E-state index >= 15 is 0 Å². The largest absolute Gasteiger partial charge is 0.490 e. The van der Waals surface area contributed by atoms with Gasteiger partial charge >= 0.3 is 0 Å². The Morgan fingerprint density at radius 3 is 2.75 bits per heavy atom. The van der Waals surface area contributed by atoms with Crippen LogP contribution in [-0.2, 0) is 0 Å². The van der Waals surface area contributed by atoms with E-state index in [0.717, 1.165) is 24.8 Å². The van der Waals surface area contributed by atoms with Crippen LogP contribution < -0.4 is 10.5 Å². The highest BCUT2D eigenvalue weighted by molar-refractivity contribution is 5.36. The van der Waals surface area contributed by atoms with Gasteiger partial charge in [-0.2, -0.15) is 0 Å². The van der Waals surface area contributed by atoms with Crippen molar-refractivity contribution in [2.45, 2.75) is 39.2 Å². The van der Waals surface area contributed by atoms with Gasteiger partial charge in [0, 0.05) is 11.6 Å². The van der Waals surface area contributed by atoms with E-state index < -0.39 is 0 Å². The SMILES string of the molecule is CCCCCOc1c(F)cccc1[C@@H](C)N. The van der Waals surface area contributed by atoms with Crippen LogP contribution in [0.2, 0.25) is 0 Å². The number of unbranched alkanes of at least 4 members (excludes halogenated alkanes) is 2. The third-order valence-corrected chi connectivity index (χ3v) is 2.48. The molecule has 1 rings (SSSR count). The first-order chi connectivity index (χ1) is 7.66. The fourth-order valence-electron chi connectivity index (χ4n) is 1.56. The van der Waals surface area contributed by atoms with Gasteiger partial charge in [-0.15, -0.1) is 0 Å². The topological polar surface area (TPSA) is 35.2 Å². The molecule has 16 heavy (non-hydrogen) atoms. The van der Waals surface area contributed by atoms with Crippen molar-refractivity contribution >= 4 is 0 Å². The molecule has 1 atom stereocenters. The molecule has 0 amide bonds. The summed E-state index contributed by atoms with van der Waals surface area (Å²) in [6.07, 6.45) is 3.17. The average molecular weight is 225 g/mol. The van der Waals surface area contributed by atoms with Crippen LogP contribution in [-0.4, -0.2) is 6.61 Å². The second-order valence-corrected chi connectivity index (χ2v) is 4.00. The zero-order chi connectivity index (χ0) is 12.0. The van der Waals surface area contributed by atoms with Gasteiger partial charge in [-0.1, -0.05) is 31.9 Å². The zero-order valence-electron chi connectivity index (χ0n) is 10.0. The predicted octanol–water partition coefficient (Wildman–Crippen LogP) is 3.41. The van der Waals surface area contributed by atoms with E-state index in [1.54, 1.807) is 6.07 Å². The fourth-order valence-corrected chi connectivity index (χ4v) is 1.56.